The average molecular weight is 173 g/mol. The van der Waals surface area contributed by atoms with Gasteiger partial charge < -0.3 is 9.64 Å². The first-order valence-electron chi connectivity index (χ1n) is 4.24. The molecule has 0 aromatic heterocycles. The van der Waals surface area contributed by atoms with Gasteiger partial charge in [-0.1, -0.05) is 6.92 Å². The second-order valence-corrected chi connectivity index (χ2v) is 3.39. The minimum absolute atomic E-state index is 0.118. The summed E-state index contributed by atoms with van der Waals surface area (Å²) in [6.45, 7) is 3.15. The van der Waals surface area contributed by atoms with Gasteiger partial charge in [0.2, 0.25) is 0 Å². The van der Waals surface area contributed by atoms with Gasteiger partial charge in [0.05, 0.1) is 6.54 Å². The molecule has 72 valence electrons. The molecule has 0 aromatic carbocycles. The van der Waals surface area contributed by atoms with E-state index in [1.807, 2.05) is 25.9 Å². The number of hydrogen-bond acceptors (Lipinski definition) is 3. The molecule has 1 unspecified atom stereocenters. The minimum Gasteiger partial charge on any atom is -0.385 e. The third kappa shape index (κ3) is 5.27. The van der Waals surface area contributed by atoms with Crippen molar-refractivity contribution in [1.29, 1.82) is 0 Å². The predicted octanol–water partition coefficient (Wildman–Crippen LogP) is 0.790. The van der Waals surface area contributed by atoms with Gasteiger partial charge in [0.25, 0.3) is 0 Å². The van der Waals surface area contributed by atoms with E-state index < -0.39 is 0 Å². The van der Waals surface area contributed by atoms with Crippen LogP contribution in [-0.4, -0.2) is 45.0 Å². The highest BCUT2D eigenvalue weighted by Gasteiger charge is 2.12. The van der Waals surface area contributed by atoms with E-state index in [1.54, 1.807) is 7.11 Å². The summed E-state index contributed by atoms with van der Waals surface area (Å²) < 4.78 is 4.90. The van der Waals surface area contributed by atoms with Gasteiger partial charge in [0.1, 0.15) is 5.78 Å². The first-order chi connectivity index (χ1) is 5.57. The lowest BCUT2D eigenvalue weighted by Crippen LogP contribution is -2.26. The Balaban J connectivity index is 3.61. The molecule has 0 radical (unpaired) electrons. The molecule has 0 N–H and O–H groups in total. The fourth-order valence-electron chi connectivity index (χ4n) is 0.923. The van der Waals surface area contributed by atoms with Gasteiger partial charge in [-0.05, 0) is 20.5 Å². The fraction of sp³-hybridized carbons (Fsp3) is 0.889. The van der Waals surface area contributed by atoms with Crippen molar-refractivity contribution in [3.05, 3.63) is 0 Å². The number of nitrogens with zero attached hydrogens (tertiary/aromatic N) is 1. The molecule has 0 bridgehead atoms. The maximum absolute atomic E-state index is 11.4. The van der Waals surface area contributed by atoms with E-state index in [4.69, 9.17) is 4.74 Å². The lowest BCUT2D eigenvalue weighted by Gasteiger charge is -2.13. The van der Waals surface area contributed by atoms with Crippen molar-refractivity contribution < 1.29 is 9.53 Å². The minimum atomic E-state index is 0.118. The van der Waals surface area contributed by atoms with Crippen molar-refractivity contribution >= 4 is 5.78 Å². The number of carbonyl (C=O) groups is 1. The summed E-state index contributed by atoms with van der Waals surface area (Å²) in [5.74, 6) is 0.407. The van der Waals surface area contributed by atoms with Crippen molar-refractivity contribution in [3.8, 4) is 0 Å². The summed E-state index contributed by atoms with van der Waals surface area (Å²) in [6, 6.07) is 0. The van der Waals surface area contributed by atoms with E-state index in [9.17, 15) is 4.79 Å². The average Bonchev–Trinajstić information content (AvgIpc) is 1.98. The molecule has 0 fully saturated rings. The normalized spacial score (nSPS) is 13.4. The van der Waals surface area contributed by atoms with E-state index in [-0.39, 0.29) is 11.7 Å². The summed E-state index contributed by atoms with van der Waals surface area (Å²) in [7, 11) is 5.46. The highest BCUT2D eigenvalue weighted by Crippen LogP contribution is 2.03. The van der Waals surface area contributed by atoms with Gasteiger partial charge in [0.15, 0.2) is 0 Å². The zero-order valence-corrected chi connectivity index (χ0v) is 8.46. The molecule has 0 aromatic rings. The van der Waals surface area contributed by atoms with Crippen LogP contribution in [0.2, 0.25) is 0 Å². The third-order valence-electron chi connectivity index (χ3n) is 1.78. The van der Waals surface area contributed by atoms with Crippen molar-refractivity contribution in [2.75, 3.05) is 34.4 Å². The fourth-order valence-corrected chi connectivity index (χ4v) is 0.923. The molecule has 0 aliphatic carbocycles. The molecule has 3 nitrogen and oxygen atoms in total. The van der Waals surface area contributed by atoms with Crippen LogP contribution in [0.3, 0.4) is 0 Å². The highest BCUT2D eigenvalue weighted by molar-refractivity contribution is 5.82. The van der Waals surface area contributed by atoms with Crippen molar-refractivity contribution in [3.63, 3.8) is 0 Å². The van der Waals surface area contributed by atoms with Crippen molar-refractivity contribution in [2.45, 2.75) is 13.3 Å². The molecule has 3 heteroatoms. The second kappa shape index (κ2) is 6.14. The predicted molar refractivity (Wildman–Crippen MR) is 49.2 cm³/mol. The Morgan fingerprint density at radius 2 is 2.08 bits per heavy atom. The standard InChI is InChI=1S/C9H19NO2/c1-8(5-6-12-4)9(11)7-10(2)3/h8H,5-7H2,1-4H3. The third-order valence-corrected chi connectivity index (χ3v) is 1.78. The molecular formula is C9H19NO2. The monoisotopic (exact) mass is 173 g/mol. The maximum atomic E-state index is 11.4. The summed E-state index contributed by atoms with van der Waals surface area (Å²) in [5.41, 5.74) is 0. The SMILES string of the molecule is COCCC(C)C(=O)CN(C)C. The number of methoxy groups -OCH3 is 1. The van der Waals surface area contributed by atoms with Crippen LogP contribution in [0.4, 0.5) is 0 Å². The van der Waals surface area contributed by atoms with Crippen LogP contribution < -0.4 is 0 Å². The Bertz CT molecular complexity index is 134. The van der Waals surface area contributed by atoms with Gasteiger partial charge in [0, 0.05) is 19.6 Å². The second-order valence-electron chi connectivity index (χ2n) is 3.39. The lowest BCUT2D eigenvalue weighted by molar-refractivity contribution is -0.123. The summed E-state index contributed by atoms with van der Waals surface area (Å²) >= 11 is 0. The number of Topliss-reactive ketones (excluding diaryl/α,β-unsaturated/α-hetero) is 1. The Labute approximate surface area is 74.7 Å². The Morgan fingerprint density at radius 1 is 1.50 bits per heavy atom. The van der Waals surface area contributed by atoms with Gasteiger partial charge in [-0.25, -0.2) is 0 Å². The van der Waals surface area contributed by atoms with Crippen LogP contribution in [-0.2, 0) is 9.53 Å². The molecule has 0 saturated heterocycles. The molecule has 0 spiro atoms. The Hall–Kier alpha value is -0.410. The molecule has 0 aliphatic heterocycles. The zero-order chi connectivity index (χ0) is 9.56. The molecular weight excluding hydrogens is 154 g/mol. The van der Waals surface area contributed by atoms with Crippen LogP contribution in [0.25, 0.3) is 0 Å². The molecule has 0 rings (SSSR count). The van der Waals surface area contributed by atoms with Gasteiger partial charge >= 0.3 is 0 Å². The zero-order valence-electron chi connectivity index (χ0n) is 8.46. The van der Waals surface area contributed by atoms with Crippen LogP contribution in [0, 0.1) is 5.92 Å². The van der Waals surface area contributed by atoms with Gasteiger partial charge in [-0.2, -0.15) is 0 Å². The van der Waals surface area contributed by atoms with Gasteiger partial charge in [-0.15, -0.1) is 0 Å². The first kappa shape index (κ1) is 11.6. The molecule has 1 atom stereocenters. The van der Waals surface area contributed by atoms with E-state index in [1.165, 1.54) is 0 Å². The van der Waals surface area contributed by atoms with Crippen LogP contribution in [0.1, 0.15) is 13.3 Å². The quantitative estimate of drug-likeness (QED) is 0.594. The smallest absolute Gasteiger partial charge is 0.149 e. The molecule has 12 heavy (non-hydrogen) atoms. The lowest BCUT2D eigenvalue weighted by atomic mass is 10.0. The highest BCUT2D eigenvalue weighted by atomic mass is 16.5. The van der Waals surface area contributed by atoms with E-state index in [0.29, 0.717) is 13.2 Å². The Kier molecular flexibility index (Phi) is 5.93. The molecule has 0 heterocycles. The number of hydrogen-bond donors (Lipinski definition) is 0. The summed E-state index contributed by atoms with van der Waals surface area (Å²) in [4.78, 5) is 13.3. The topological polar surface area (TPSA) is 29.5 Å². The van der Waals surface area contributed by atoms with Crippen LogP contribution in [0.5, 0.6) is 0 Å². The number of carbonyl (C=O) groups excluding carboxylic acids is 1. The van der Waals surface area contributed by atoms with E-state index in [2.05, 4.69) is 0 Å². The molecule has 0 saturated carbocycles. The summed E-state index contributed by atoms with van der Waals surface area (Å²) in [6.07, 6.45) is 0.823. The molecule has 0 amide bonds. The number of likely N-dealkylation sites (N-methyl/N-ethyl adjacent to an activating group) is 1. The number of ketones is 1. The Morgan fingerprint density at radius 3 is 2.50 bits per heavy atom. The van der Waals surface area contributed by atoms with E-state index >= 15 is 0 Å². The van der Waals surface area contributed by atoms with Crippen molar-refractivity contribution in [2.24, 2.45) is 5.92 Å². The van der Waals surface area contributed by atoms with Crippen LogP contribution in [0.15, 0.2) is 0 Å². The largest absolute Gasteiger partial charge is 0.385 e. The summed E-state index contributed by atoms with van der Waals surface area (Å²) in [5, 5.41) is 0. The number of rotatable bonds is 6. The van der Waals surface area contributed by atoms with E-state index in [0.717, 1.165) is 6.42 Å². The van der Waals surface area contributed by atoms with Crippen molar-refractivity contribution in [1.82, 2.24) is 4.90 Å². The van der Waals surface area contributed by atoms with Crippen LogP contribution >= 0.6 is 0 Å². The first-order valence-corrected chi connectivity index (χ1v) is 4.24. The maximum Gasteiger partial charge on any atom is 0.149 e. The molecule has 0 aliphatic rings. The number of ether oxygens (including phenoxy) is 1. The van der Waals surface area contributed by atoms with Gasteiger partial charge in [-0.3, -0.25) is 4.79 Å².